The topological polar surface area (TPSA) is 9.23 Å². The quantitative estimate of drug-likeness (QED) is 0.240. The second-order valence-corrected chi connectivity index (χ2v) is 12.5. The summed E-state index contributed by atoms with van der Waals surface area (Å²) < 4.78 is 6.71. The van der Waals surface area contributed by atoms with Gasteiger partial charge in [0.2, 0.25) is 0 Å². The molecule has 0 unspecified atom stereocenters. The zero-order valence-corrected chi connectivity index (χ0v) is 17.7. The summed E-state index contributed by atoms with van der Waals surface area (Å²) in [6.07, 6.45) is 8.16. The molecule has 0 spiro atoms. The molecule has 0 amide bonds. The fourth-order valence-electron chi connectivity index (χ4n) is 3.83. The van der Waals surface area contributed by atoms with Crippen LogP contribution in [0.1, 0.15) is 87.0 Å². The van der Waals surface area contributed by atoms with Gasteiger partial charge < -0.3 is 4.43 Å². The smallest absolute Gasteiger partial charge is 0.193 e. The Hall–Kier alpha value is 0.177. The van der Waals surface area contributed by atoms with Crippen molar-refractivity contribution < 1.29 is 4.43 Å². The van der Waals surface area contributed by atoms with Gasteiger partial charge in [0.1, 0.15) is 0 Å². The highest BCUT2D eigenvalue weighted by atomic mass is 28.4. The fraction of sp³-hybridized carbons (Fsp3) is 1.00. The maximum absolute atomic E-state index is 6.71. The molecule has 0 aliphatic rings. The van der Waals surface area contributed by atoms with Gasteiger partial charge in [0.05, 0.1) is 0 Å². The van der Waals surface area contributed by atoms with Gasteiger partial charge in [-0.25, -0.2) is 0 Å². The molecule has 0 rings (SSSR count). The van der Waals surface area contributed by atoms with Crippen LogP contribution in [-0.4, -0.2) is 14.9 Å². The molecule has 0 bridgehead atoms. The summed E-state index contributed by atoms with van der Waals surface area (Å²) in [4.78, 5) is 0. The molecule has 0 aromatic heterocycles. The number of hydrogen-bond acceptors (Lipinski definition) is 1. The van der Waals surface area contributed by atoms with Crippen LogP contribution >= 0.6 is 0 Å². The van der Waals surface area contributed by atoms with Gasteiger partial charge in [-0.1, -0.05) is 80.6 Å². The van der Waals surface area contributed by atoms with Crippen molar-refractivity contribution >= 4 is 8.32 Å². The Balaban J connectivity index is 4.41. The predicted molar refractivity (Wildman–Crippen MR) is 104 cm³/mol. The highest BCUT2D eigenvalue weighted by Gasteiger charge is 2.36. The Kier molecular flexibility index (Phi) is 12.7. The molecule has 0 saturated carbocycles. The van der Waals surface area contributed by atoms with Crippen LogP contribution in [0.3, 0.4) is 0 Å². The van der Waals surface area contributed by atoms with Gasteiger partial charge in [0.15, 0.2) is 8.32 Å². The lowest BCUT2D eigenvalue weighted by Gasteiger charge is -2.36. The van der Waals surface area contributed by atoms with Crippen LogP contribution in [0.25, 0.3) is 0 Å². The summed E-state index contributed by atoms with van der Waals surface area (Å²) in [7, 11) is -1.56. The van der Waals surface area contributed by atoms with Crippen LogP contribution < -0.4 is 0 Å². The standard InChI is InChI=1S/C20H44OSi/c1-8-9-10-11-12-13-14-21-22(15-18(2)3,16-19(4)5)17-20(6)7/h18-20H,8-17H2,1-7H3. The van der Waals surface area contributed by atoms with E-state index in [1.165, 1.54) is 56.7 Å². The molecule has 134 valence electrons. The third kappa shape index (κ3) is 11.7. The zero-order valence-electron chi connectivity index (χ0n) is 16.7. The highest BCUT2D eigenvalue weighted by Crippen LogP contribution is 2.33. The van der Waals surface area contributed by atoms with E-state index in [-0.39, 0.29) is 0 Å². The Morgan fingerprint density at radius 1 is 0.636 bits per heavy atom. The van der Waals surface area contributed by atoms with E-state index in [4.69, 9.17) is 4.43 Å². The monoisotopic (exact) mass is 328 g/mol. The molecule has 0 aromatic carbocycles. The van der Waals surface area contributed by atoms with Crippen LogP contribution in [0.4, 0.5) is 0 Å². The van der Waals surface area contributed by atoms with Crippen molar-refractivity contribution in [2.24, 2.45) is 17.8 Å². The van der Waals surface area contributed by atoms with Gasteiger partial charge in [-0.3, -0.25) is 0 Å². The predicted octanol–water partition coefficient (Wildman–Crippen LogP) is 7.28. The normalized spacial score (nSPS) is 12.8. The highest BCUT2D eigenvalue weighted by molar-refractivity contribution is 6.74. The van der Waals surface area contributed by atoms with Crippen molar-refractivity contribution in [3.63, 3.8) is 0 Å². The van der Waals surface area contributed by atoms with Crippen molar-refractivity contribution in [2.75, 3.05) is 6.61 Å². The molecular weight excluding hydrogens is 284 g/mol. The molecule has 0 N–H and O–H groups in total. The third-order valence-corrected chi connectivity index (χ3v) is 9.74. The van der Waals surface area contributed by atoms with Gasteiger partial charge in [-0.15, -0.1) is 0 Å². The van der Waals surface area contributed by atoms with Crippen LogP contribution in [0, 0.1) is 17.8 Å². The third-order valence-electron chi connectivity index (χ3n) is 4.25. The molecule has 0 radical (unpaired) electrons. The Morgan fingerprint density at radius 3 is 1.45 bits per heavy atom. The van der Waals surface area contributed by atoms with E-state index in [0.29, 0.717) is 0 Å². The van der Waals surface area contributed by atoms with E-state index in [0.717, 1.165) is 24.4 Å². The molecule has 0 atom stereocenters. The van der Waals surface area contributed by atoms with Gasteiger partial charge in [-0.2, -0.15) is 0 Å². The lowest BCUT2D eigenvalue weighted by atomic mass is 10.1. The Morgan fingerprint density at radius 2 is 1.05 bits per heavy atom. The molecule has 2 heteroatoms. The second kappa shape index (κ2) is 12.6. The molecule has 1 nitrogen and oxygen atoms in total. The SMILES string of the molecule is CCCCCCCCO[Si](CC(C)C)(CC(C)C)CC(C)C. The van der Waals surface area contributed by atoms with Crippen molar-refractivity contribution in [3.8, 4) is 0 Å². The van der Waals surface area contributed by atoms with Crippen LogP contribution in [0.15, 0.2) is 0 Å². The molecule has 22 heavy (non-hydrogen) atoms. The molecule has 0 heterocycles. The summed E-state index contributed by atoms with van der Waals surface area (Å²) in [5.74, 6) is 2.32. The van der Waals surface area contributed by atoms with E-state index >= 15 is 0 Å². The largest absolute Gasteiger partial charge is 0.417 e. The second-order valence-electron chi connectivity index (χ2n) is 8.59. The summed E-state index contributed by atoms with van der Waals surface area (Å²) in [6.45, 7) is 17.5. The molecule has 0 fully saturated rings. The Labute approximate surface area is 142 Å². The van der Waals surface area contributed by atoms with Gasteiger partial charge in [0.25, 0.3) is 0 Å². The lowest BCUT2D eigenvalue weighted by molar-refractivity contribution is 0.274. The zero-order chi connectivity index (χ0) is 17.0. The van der Waals surface area contributed by atoms with Gasteiger partial charge >= 0.3 is 0 Å². The minimum absolute atomic E-state index is 0.772. The summed E-state index contributed by atoms with van der Waals surface area (Å²) in [5.41, 5.74) is 0. The minimum Gasteiger partial charge on any atom is -0.417 e. The minimum atomic E-state index is -1.56. The summed E-state index contributed by atoms with van der Waals surface area (Å²) in [5, 5.41) is 0. The fourth-order valence-corrected chi connectivity index (χ4v) is 9.72. The van der Waals surface area contributed by atoms with E-state index in [9.17, 15) is 0 Å². The van der Waals surface area contributed by atoms with Crippen LogP contribution in [0.2, 0.25) is 18.1 Å². The number of hydrogen-bond donors (Lipinski definition) is 0. The van der Waals surface area contributed by atoms with Crippen molar-refractivity contribution in [1.82, 2.24) is 0 Å². The summed E-state index contributed by atoms with van der Waals surface area (Å²) >= 11 is 0. The van der Waals surface area contributed by atoms with Crippen molar-refractivity contribution in [2.45, 2.75) is 105 Å². The van der Waals surface area contributed by atoms with Gasteiger partial charge in [0, 0.05) is 6.61 Å². The van der Waals surface area contributed by atoms with E-state index in [1.807, 2.05) is 0 Å². The number of rotatable bonds is 14. The van der Waals surface area contributed by atoms with E-state index in [1.54, 1.807) is 0 Å². The first-order valence-electron chi connectivity index (χ1n) is 9.95. The van der Waals surface area contributed by atoms with Crippen LogP contribution in [-0.2, 0) is 4.43 Å². The molecule has 0 aromatic rings. The van der Waals surface area contributed by atoms with Crippen molar-refractivity contribution in [1.29, 1.82) is 0 Å². The van der Waals surface area contributed by atoms with E-state index in [2.05, 4.69) is 48.5 Å². The average Bonchev–Trinajstić information content (AvgIpc) is 2.35. The average molecular weight is 329 g/mol. The number of unbranched alkanes of at least 4 members (excludes halogenated alkanes) is 5. The molecule has 0 saturated heterocycles. The first-order chi connectivity index (χ1) is 10.3. The maximum atomic E-state index is 6.71. The lowest BCUT2D eigenvalue weighted by Crippen LogP contribution is -2.42. The molecule has 0 aliphatic heterocycles. The maximum Gasteiger partial charge on any atom is 0.193 e. The Bertz CT molecular complexity index is 222. The first kappa shape index (κ1) is 22.2. The molecule has 0 aliphatic carbocycles. The van der Waals surface area contributed by atoms with Gasteiger partial charge in [-0.05, 0) is 42.3 Å². The molecular formula is C20H44OSi. The van der Waals surface area contributed by atoms with Crippen molar-refractivity contribution in [3.05, 3.63) is 0 Å². The van der Waals surface area contributed by atoms with Crippen LogP contribution in [0.5, 0.6) is 0 Å². The first-order valence-corrected chi connectivity index (χ1v) is 12.5. The summed E-state index contributed by atoms with van der Waals surface area (Å²) in [6, 6.07) is 4.04. The van der Waals surface area contributed by atoms with E-state index < -0.39 is 8.32 Å².